The van der Waals surface area contributed by atoms with Crippen molar-refractivity contribution in [3.63, 3.8) is 0 Å². The second kappa shape index (κ2) is 7.63. The van der Waals surface area contributed by atoms with E-state index in [0.717, 1.165) is 11.4 Å². The van der Waals surface area contributed by atoms with Crippen LogP contribution in [0.1, 0.15) is 50.4 Å². The Bertz CT molecular complexity index is 551. The fourth-order valence-corrected chi connectivity index (χ4v) is 2.83. The summed E-state index contributed by atoms with van der Waals surface area (Å²) >= 11 is 6.10. The second-order valence-corrected chi connectivity index (χ2v) is 6.47. The van der Waals surface area contributed by atoms with Crippen molar-refractivity contribution in [3.8, 4) is 0 Å². The normalized spacial score (nSPS) is 14.1. The Morgan fingerprint density at radius 3 is 2.19 bits per heavy atom. The van der Waals surface area contributed by atoms with Crippen molar-refractivity contribution in [1.29, 1.82) is 0 Å². The molecule has 2 rings (SSSR count). The third kappa shape index (κ3) is 4.87. The SMILES string of the molecule is CC(C)CC(N[C@H](C)c1cccc(Cl)c1)c1ccccc1. The van der Waals surface area contributed by atoms with E-state index in [-0.39, 0.29) is 6.04 Å². The largest absolute Gasteiger partial charge is 0.303 e. The van der Waals surface area contributed by atoms with Gasteiger partial charge in [0.15, 0.2) is 0 Å². The Balaban J connectivity index is 2.15. The summed E-state index contributed by atoms with van der Waals surface area (Å²) in [5, 5.41) is 4.54. The first-order chi connectivity index (χ1) is 10.1. The topological polar surface area (TPSA) is 12.0 Å². The summed E-state index contributed by atoms with van der Waals surface area (Å²) in [4.78, 5) is 0. The van der Waals surface area contributed by atoms with Gasteiger partial charge < -0.3 is 5.32 Å². The Labute approximate surface area is 133 Å². The molecule has 0 fully saturated rings. The lowest BCUT2D eigenvalue weighted by molar-refractivity contribution is 0.394. The number of hydrogen-bond acceptors (Lipinski definition) is 1. The first-order valence-electron chi connectivity index (χ1n) is 7.62. The highest BCUT2D eigenvalue weighted by molar-refractivity contribution is 6.30. The van der Waals surface area contributed by atoms with E-state index < -0.39 is 0 Å². The molecule has 1 unspecified atom stereocenters. The summed E-state index contributed by atoms with van der Waals surface area (Å²) in [6, 6.07) is 19.4. The van der Waals surface area contributed by atoms with Crippen molar-refractivity contribution in [2.75, 3.05) is 0 Å². The summed E-state index contributed by atoms with van der Waals surface area (Å²) in [7, 11) is 0. The molecule has 21 heavy (non-hydrogen) atoms. The molecule has 0 heterocycles. The van der Waals surface area contributed by atoms with Crippen LogP contribution in [0.25, 0.3) is 0 Å². The number of rotatable bonds is 6. The fraction of sp³-hybridized carbons (Fsp3) is 0.368. The quantitative estimate of drug-likeness (QED) is 0.713. The van der Waals surface area contributed by atoms with Crippen LogP contribution in [0, 0.1) is 5.92 Å². The maximum Gasteiger partial charge on any atom is 0.0409 e. The first-order valence-corrected chi connectivity index (χ1v) is 8.00. The van der Waals surface area contributed by atoms with Gasteiger partial charge in [0.25, 0.3) is 0 Å². The van der Waals surface area contributed by atoms with E-state index in [0.29, 0.717) is 12.0 Å². The summed E-state index contributed by atoms with van der Waals surface area (Å²) in [5.41, 5.74) is 2.58. The van der Waals surface area contributed by atoms with Crippen LogP contribution in [-0.4, -0.2) is 0 Å². The molecule has 0 amide bonds. The fourth-order valence-electron chi connectivity index (χ4n) is 2.63. The van der Waals surface area contributed by atoms with Crippen LogP contribution >= 0.6 is 11.6 Å². The van der Waals surface area contributed by atoms with Crippen LogP contribution in [0.5, 0.6) is 0 Å². The van der Waals surface area contributed by atoms with E-state index in [1.807, 2.05) is 18.2 Å². The molecule has 0 saturated carbocycles. The molecule has 0 radical (unpaired) electrons. The lowest BCUT2D eigenvalue weighted by atomic mass is 9.95. The molecule has 0 spiro atoms. The number of hydrogen-bond donors (Lipinski definition) is 1. The lowest BCUT2D eigenvalue weighted by Crippen LogP contribution is -2.26. The number of nitrogens with one attached hydrogen (secondary N) is 1. The molecule has 1 N–H and O–H groups in total. The summed E-state index contributed by atoms with van der Waals surface area (Å²) in [6.45, 7) is 6.73. The van der Waals surface area contributed by atoms with E-state index >= 15 is 0 Å². The average Bonchev–Trinajstić information content (AvgIpc) is 2.47. The highest BCUT2D eigenvalue weighted by Crippen LogP contribution is 2.26. The molecule has 0 aromatic heterocycles. The van der Waals surface area contributed by atoms with Crippen molar-refractivity contribution in [2.24, 2.45) is 5.92 Å². The third-order valence-corrected chi connectivity index (χ3v) is 3.94. The van der Waals surface area contributed by atoms with E-state index in [1.165, 1.54) is 11.1 Å². The van der Waals surface area contributed by atoms with Crippen molar-refractivity contribution >= 4 is 11.6 Å². The number of halogens is 1. The smallest absolute Gasteiger partial charge is 0.0409 e. The first kappa shape index (κ1) is 16.1. The molecule has 2 atom stereocenters. The molecule has 0 aliphatic rings. The van der Waals surface area contributed by atoms with Crippen LogP contribution < -0.4 is 5.32 Å². The zero-order valence-electron chi connectivity index (χ0n) is 13.0. The molecule has 1 nitrogen and oxygen atoms in total. The van der Waals surface area contributed by atoms with Crippen molar-refractivity contribution in [3.05, 3.63) is 70.7 Å². The Hall–Kier alpha value is -1.31. The predicted octanol–water partition coefficient (Wildman–Crippen LogP) is 5.78. The van der Waals surface area contributed by atoms with Gasteiger partial charge in [0.2, 0.25) is 0 Å². The molecule has 0 bridgehead atoms. The maximum atomic E-state index is 6.10. The van der Waals surface area contributed by atoms with Crippen LogP contribution in [0.2, 0.25) is 5.02 Å². The zero-order chi connectivity index (χ0) is 15.2. The van der Waals surface area contributed by atoms with Gasteiger partial charge in [-0.05, 0) is 42.5 Å². The predicted molar refractivity (Wildman–Crippen MR) is 91.6 cm³/mol. The minimum absolute atomic E-state index is 0.271. The second-order valence-electron chi connectivity index (χ2n) is 6.04. The van der Waals surface area contributed by atoms with Gasteiger partial charge in [0.05, 0.1) is 0 Å². The number of benzene rings is 2. The maximum absolute atomic E-state index is 6.10. The molecule has 112 valence electrons. The van der Waals surface area contributed by atoms with Crippen LogP contribution in [0.3, 0.4) is 0 Å². The average molecular weight is 302 g/mol. The molecule has 2 heteroatoms. The van der Waals surface area contributed by atoms with Gasteiger partial charge in [-0.1, -0.05) is 67.9 Å². The zero-order valence-corrected chi connectivity index (χ0v) is 13.8. The molecule has 2 aromatic carbocycles. The summed E-state index contributed by atoms with van der Waals surface area (Å²) in [5.74, 6) is 0.647. The minimum Gasteiger partial charge on any atom is -0.303 e. The standard InChI is InChI=1S/C19H24ClN/c1-14(2)12-19(16-8-5-4-6-9-16)21-15(3)17-10-7-11-18(20)13-17/h4-11,13-15,19,21H,12H2,1-3H3/t15-,19?/m1/s1. The molecule has 0 aliphatic heterocycles. The van der Waals surface area contributed by atoms with Crippen molar-refractivity contribution in [2.45, 2.75) is 39.3 Å². The monoisotopic (exact) mass is 301 g/mol. The lowest BCUT2D eigenvalue weighted by Gasteiger charge is -2.26. The summed E-state index contributed by atoms with van der Waals surface area (Å²) in [6.07, 6.45) is 1.12. The van der Waals surface area contributed by atoms with E-state index in [1.54, 1.807) is 0 Å². The van der Waals surface area contributed by atoms with Gasteiger partial charge in [0.1, 0.15) is 0 Å². The van der Waals surface area contributed by atoms with E-state index in [4.69, 9.17) is 11.6 Å². The van der Waals surface area contributed by atoms with Gasteiger partial charge in [-0.15, -0.1) is 0 Å². The highest BCUT2D eigenvalue weighted by Gasteiger charge is 2.16. The van der Waals surface area contributed by atoms with E-state index in [2.05, 4.69) is 62.5 Å². The molecular formula is C19H24ClN. The van der Waals surface area contributed by atoms with Gasteiger partial charge in [-0.3, -0.25) is 0 Å². The molecule has 0 saturated heterocycles. The third-order valence-electron chi connectivity index (χ3n) is 3.71. The van der Waals surface area contributed by atoms with Gasteiger partial charge in [-0.25, -0.2) is 0 Å². The minimum atomic E-state index is 0.271. The Morgan fingerprint density at radius 2 is 1.57 bits per heavy atom. The van der Waals surface area contributed by atoms with Crippen LogP contribution in [0.15, 0.2) is 54.6 Å². The van der Waals surface area contributed by atoms with Crippen LogP contribution in [0.4, 0.5) is 0 Å². The highest BCUT2D eigenvalue weighted by atomic mass is 35.5. The van der Waals surface area contributed by atoms with Gasteiger partial charge in [0, 0.05) is 17.1 Å². The van der Waals surface area contributed by atoms with Crippen molar-refractivity contribution < 1.29 is 0 Å². The summed E-state index contributed by atoms with van der Waals surface area (Å²) < 4.78 is 0. The van der Waals surface area contributed by atoms with Crippen LogP contribution in [-0.2, 0) is 0 Å². The molecular weight excluding hydrogens is 278 g/mol. The van der Waals surface area contributed by atoms with Gasteiger partial charge in [-0.2, -0.15) is 0 Å². The molecule has 2 aromatic rings. The Kier molecular flexibility index (Phi) is 5.84. The van der Waals surface area contributed by atoms with Gasteiger partial charge >= 0.3 is 0 Å². The Morgan fingerprint density at radius 1 is 0.905 bits per heavy atom. The molecule has 0 aliphatic carbocycles. The van der Waals surface area contributed by atoms with E-state index in [9.17, 15) is 0 Å². The van der Waals surface area contributed by atoms with Crippen molar-refractivity contribution in [1.82, 2.24) is 5.32 Å².